The summed E-state index contributed by atoms with van der Waals surface area (Å²) in [6.45, 7) is 5.28. The first-order chi connectivity index (χ1) is 10.5. The van der Waals surface area contributed by atoms with Crippen LogP contribution in [-0.2, 0) is 9.53 Å². The second-order valence-electron chi connectivity index (χ2n) is 5.55. The van der Waals surface area contributed by atoms with Crippen LogP contribution in [-0.4, -0.2) is 37.6 Å². The number of nitrogens with zero attached hydrogens (tertiary/aromatic N) is 1. The Morgan fingerprint density at radius 2 is 1.82 bits per heavy atom. The van der Waals surface area contributed by atoms with Crippen molar-refractivity contribution in [2.45, 2.75) is 25.8 Å². The summed E-state index contributed by atoms with van der Waals surface area (Å²) in [4.78, 5) is 26.3. The molecule has 1 atom stereocenters. The van der Waals surface area contributed by atoms with E-state index in [-0.39, 0.29) is 5.91 Å². The molecule has 0 bridgehead atoms. The summed E-state index contributed by atoms with van der Waals surface area (Å²) in [7, 11) is 1.32. The van der Waals surface area contributed by atoms with Crippen molar-refractivity contribution in [2.75, 3.05) is 25.1 Å². The van der Waals surface area contributed by atoms with Crippen LogP contribution in [0, 0.1) is 0 Å². The topological polar surface area (TPSA) is 58.6 Å². The van der Waals surface area contributed by atoms with Gasteiger partial charge in [0.25, 0.3) is 5.91 Å². The summed E-state index contributed by atoms with van der Waals surface area (Å²) in [6, 6.07) is 7.39. The predicted octanol–water partition coefficient (Wildman–Crippen LogP) is 2.13. The minimum Gasteiger partial charge on any atom is -0.467 e. The van der Waals surface area contributed by atoms with E-state index in [1.165, 1.54) is 7.11 Å². The Kier molecular flexibility index (Phi) is 4.85. The number of amides is 1. The molecular formula is C17H22N2O3. The van der Waals surface area contributed by atoms with Crippen molar-refractivity contribution in [1.29, 1.82) is 0 Å². The lowest BCUT2D eigenvalue weighted by molar-refractivity contribution is -0.147. The lowest BCUT2D eigenvalue weighted by atomic mass is 9.98. The Morgan fingerprint density at radius 3 is 2.32 bits per heavy atom. The molecule has 5 heteroatoms. The third-order valence-electron chi connectivity index (χ3n) is 4.05. The molecule has 118 valence electrons. The fraction of sp³-hybridized carbons (Fsp3) is 0.412. The standard InChI is InChI=1S/C17H22N2O3/c1-4-17(2,16(21)22-3)18-15(20)13-7-9-14(10-8-13)19-11-5-6-12-19/h5-10H,4,11-12H2,1-3H3,(H,18,20). The zero-order chi connectivity index (χ0) is 16.2. The summed E-state index contributed by atoms with van der Waals surface area (Å²) in [5, 5.41) is 2.76. The number of carbonyl (C=O) groups is 2. The Bertz CT molecular complexity index is 572. The fourth-order valence-corrected chi connectivity index (χ4v) is 2.34. The van der Waals surface area contributed by atoms with Crippen molar-refractivity contribution in [1.82, 2.24) is 5.32 Å². The van der Waals surface area contributed by atoms with Gasteiger partial charge in [-0.05, 0) is 37.6 Å². The van der Waals surface area contributed by atoms with Crippen molar-refractivity contribution in [2.24, 2.45) is 0 Å². The summed E-state index contributed by atoms with van der Waals surface area (Å²) < 4.78 is 4.76. The van der Waals surface area contributed by atoms with Crippen LogP contribution in [0.15, 0.2) is 36.4 Å². The molecule has 0 fully saturated rings. The van der Waals surface area contributed by atoms with Gasteiger partial charge in [0.2, 0.25) is 0 Å². The quantitative estimate of drug-likeness (QED) is 0.669. The zero-order valence-corrected chi connectivity index (χ0v) is 13.3. The Hall–Kier alpha value is -2.30. The van der Waals surface area contributed by atoms with Crippen molar-refractivity contribution < 1.29 is 14.3 Å². The molecule has 5 nitrogen and oxygen atoms in total. The average Bonchev–Trinajstić information content (AvgIpc) is 3.08. The summed E-state index contributed by atoms with van der Waals surface area (Å²) in [5.41, 5.74) is 0.593. The van der Waals surface area contributed by atoms with Gasteiger partial charge >= 0.3 is 5.97 Å². The largest absolute Gasteiger partial charge is 0.467 e. The maximum Gasteiger partial charge on any atom is 0.331 e. The number of ether oxygens (including phenoxy) is 1. The lowest BCUT2D eigenvalue weighted by Crippen LogP contribution is -2.52. The van der Waals surface area contributed by atoms with Crippen LogP contribution in [0.4, 0.5) is 5.69 Å². The van der Waals surface area contributed by atoms with Crippen LogP contribution in [0.3, 0.4) is 0 Å². The highest BCUT2D eigenvalue weighted by Crippen LogP contribution is 2.18. The minimum atomic E-state index is -1.01. The first-order valence-electron chi connectivity index (χ1n) is 7.41. The number of rotatable bonds is 5. The highest BCUT2D eigenvalue weighted by molar-refractivity contribution is 5.98. The number of nitrogens with one attached hydrogen (secondary N) is 1. The molecule has 1 heterocycles. The first-order valence-corrected chi connectivity index (χ1v) is 7.41. The van der Waals surface area contributed by atoms with E-state index >= 15 is 0 Å². The smallest absolute Gasteiger partial charge is 0.331 e. The van der Waals surface area contributed by atoms with Gasteiger partial charge in [0.15, 0.2) is 0 Å². The molecule has 0 radical (unpaired) electrons. The maximum atomic E-state index is 12.3. The Morgan fingerprint density at radius 1 is 1.23 bits per heavy atom. The van der Waals surface area contributed by atoms with Crippen molar-refractivity contribution >= 4 is 17.6 Å². The second-order valence-corrected chi connectivity index (χ2v) is 5.55. The van der Waals surface area contributed by atoms with Crippen molar-refractivity contribution in [3.63, 3.8) is 0 Å². The molecule has 1 aliphatic heterocycles. The molecule has 0 aromatic heterocycles. The van der Waals surface area contributed by atoms with Crippen LogP contribution >= 0.6 is 0 Å². The minimum absolute atomic E-state index is 0.277. The van der Waals surface area contributed by atoms with Crippen LogP contribution in [0.1, 0.15) is 30.6 Å². The molecule has 1 aromatic carbocycles. The van der Waals surface area contributed by atoms with E-state index in [1.54, 1.807) is 19.1 Å². The van der Waals surface area contributed by atoms with Gasteiger partial charge in [-0.2, -0.15) is 0 Å². The number of carbonyl (C=O) groups excluding carboxylic acids is 2. The third kappa shape index (κ3) is 3.30. The average molecular weight is 302 g/mol. The van der Waals surface area contributed by atoms with Crippen LogP contribution in [0.25, 0.3) is 0 Å². The molecule has 22 heavy (non-hydrogen) atoms. The number of methoxy groups -OCH3 is 1. The van der Waals surface area contributed by atoms with Crippen LogP contribution in [0.5, 0.6) is 0 Å². The number of hydrogen-bond donors (Lipinski definition) is 1. The number of benzene rings is 1. The Balaban J connectivity index is 2.07. The van der Waals surface area contributed by atoms with E-state index < -0.39 is 11.5 Å². The SMILES string of the molecule is CCC(C)(NC(=O)c1ccc(N2CC=CC2)cc1)C(=O)OC. The molecule has 0 aliphatic carbocycles. The highest BCUT2D eigenvalue weighted by atomic mass is 16.5. The summed E-state index contributed by atoms with van der Waals surface area (Å²) in [6.07, 6.45) is 4.69. The summed E-state index contributed by atoms with van der Waals surface area (Å²) in [5.74, 6) is -0.719. The van der Waals surface area contributed by atoms with Gasteiger partial charge in [-0.25, -0.2) is 4.79 Å². The zero-order valence-electron chi connectivity index (χ0n) is 13.3. The van der Waals surface area contributed by atoms with Gasteiger partial charge in [0.1, 0.15) is 5.54 Å². The molecule has 1 amide bonds. The lowest BCUT2D eigenvalue weighted by Gasteiger charge is -2.26. The molecule has 0 spiro atoms. The van der Waals surface area contributed by atoms with E-state index in [9.17, 15) is 9.59 Å². The van der Waals surface area contributed by atoms with Crippen LogP contribution < -0.4 is 10.2 Å². The van der Waals surface area contributed by atoms with E-state index in [0.29, 0.717) is 12.0 Å². The number of hydrogen-bond acceptors (Lipinski definition) is 4. The van der Waals surface area contributed by atoms with E-state index in [2.05, 4.69) is 22.4 Å². The second kappa shape index (κ2) is 6.64. The molecule has 0 saturated carbocycles. The van der Waals surface area contributed by atoms with E-state index in [1.807, 2.05) is 19.1 Å². The maximum absolute atomic E-state index is 12.3. The van der Waals surface area contributed by atoms with E-state index in [4.69, 9.17) is 4.74 Å². The Labute approximate surface area is 130 Å². The first kappa shape index (κ1) is 16.1. The molecule has 1 unspecified atom stereocenters. The van der Waals surface area contributed by atoms with Gasteiger partial charge in [0, 0.05) is 24.3 Å². The van der Waals surface area contributed by atoms with Gasteiger partial charge in [-0.3, -0.25) is 4.79 Å². The van der Waals surface area contributed by atoms with Crippen LogP contribution in [0.2, 0.25) is 0 Å². The van der Waals surface area contributed by atoms with Crippen molar-refractivity contribution in [3.8, 4) is 0 Å². The predicted molar refractivity (Wildman–Crippen MR) is 86.0 cm³/mol. The molecule has 2 rings (SSSR count). The van der Waals surface area contributed by atoms with Gasteiger partial charge < -0.3 is 15.0 Å². The van der Waals surface area contributed by atoms with Gasteiger partial charge in [0.05, 0.1) is 7.11 Å². The van der Waals surface area contributed by atoms with E-state index in [0.717, 1.165) is 18.8 Å². The molecule has 1 N–H and O–H groups in total. The molecule has 1 aromatic rings. The highest BCUT2D eigenvalue weighted by Gasteiger charge is 2.34. The summed E-state index contributed by atoms with van der Waals surface area (Å²) >= 11 is 0. The van der Waals surface area contributed by atoms with Crippen molar-refractivity contribution in [3.05, 3.63) is 42.0 Å². The normalized spacial score (nSPS) is 16.2. The molecule has 1 aliphatic rings. The molecular weight excluding hydrogens is 280 g/mol. The fourth-order valence-electron chi connectivity index (χ4n) is 2.34. The molecule has 0 saturated heterocycles. The van der Waals surface area contributed by atoms with Gasteiger partial charge in [-0.15, -0.1) is 0 Å². The third-order valence-corrected chi connectivity index (χ3v) is 4.05. The number of anilines is 1. The van der Waals surface area contributed by atoms with Gasteiger partial charge in [-0.1, -0.05) is 19.1 Å². The number of esters is 1. The monoisotopic (exact) mass is 302 g/mol.